The van der Waals surface area contributed by atoms with Crippen LogP contribution in [0.1, 0.15) is 38.1 Å². The first-order valence-electron chi connectivity index (χ1n) is 6.11. The molecule has 0 aliphatic rings. The van der Waals surface area contributed by atoms with Crippen molar-refractivity contribution >= 4 is 5.82 Å². The topological polar surface area (TPSA) is 90.3 Å². The Labute approximate surface area is 111 Å². The van der Waals surface area contributed by atoms with Crippen molar-refractivity contribution in [3.05, 3.63) is 35.8 Å². The van der Waals surface area contributed by atoms with Crippen molar-refractivity contribution in [3.63, 3.8) is 0 Å². The van der Waals surface area contributed by atoms with E-state index < -0.39 is 5.54 Å². The summed E-state index contributed by atoms with van der Waals surface area (Å²) in [4.78, 5) is 15.8. The number of hydrogen-bond acceptors (Lipinski definition) is 5. The van der Waals surface area contributed by atoms with Crippen LogP contribution in [0.4, 0.5) is 5.82 Å². The highest BCUT2D eigenvalue weighted by Gasteiger charge is 2.23. The van der Waals surface area contributed by atoms with Gasteiger partial charge in [0.15, 0.2) is 0 Å². The fourth-order valence-corrected chi connectivity index (χ4v) is 1.76. The molecule has 6 heteroatoms. The quantitative estimate of drug-likeness (QED) is 0.872. The van der Waals surface area contributed by atoms with Crippen LogP contribution in [0.3, 0.4) is 0 Å². The molecule has 0 radical (unpaired) electrons. The maximum atomic E-state index is 8.98. The Balaban J connectivity index is 2.31. The van der Waals surface area contributed by atoms with Gasteiger partial charge in [-0.3, -0.25) is 0 Å². The van der Waals surface area contributed by atoms with E-state index in [0.717, 1.165) is 5.82 Å². The minimum absolute atomic E-state index is 0.365. The molecule has 2 rings (SSSR count). The summed E-state index contributed by atoms with van der Waals surface area (Å²) in [5, 5.41) is 12.3. The van der Waals surface area contributed by atoms with Gasteiger partial charge in [-0.15, -0.1) is 0 Å². The molecule has 0 bridgehead atoms. The van der Waals surface area contributed by atoms with Crippen LogP contribution < -0.4 is 5.32 Å². The molecule has 0 aromatic carbocycles. The van der Waals surface area contributed by atoms with Gasteiger partial charge in [0.25, 0.3) is 0 Å². The molecule has 2 heterocycles. The van der Waals surface area contributed by atoms with Gasteiger partial charge in [-0.1, -0.05) is 6.92 Å². The lowest BCUT2D eigenvalue weighted by Crippen LogP contribution is -2.30. The zero-order valence-electron chi connectivity index (χ0n) is 11.2. The monoisotopic (exact) mass is 256 g/mol. The van der Waals surface area contributed by atoms with Gasteiger partial charge in [0.1, 0.15) is 29.2 Å². The number of rotatable bonds is 4. The molecule has 2 aromatic heterocycles. The van der Waals surface area contributed by atoms with Crippen LogP contribution in [-0.4, -0.2) is 19.9 Å². The van der Waals surface area contributed by atoms with E-state index in [2.05, 4.69) is 25.3 Å². The maximum Gasteiger partial charge on any atom is 0.146 e. The summed E-state index contributed by atoms with van der Waals surface area (Å²) in [5.41, 5.74) is -0.0418. The molecule has 2 N–H and O–H groups in total. The van der Waals surface area contributed by atoms with E-state index in [1.165, 1.54) is 0 Å². The van der Waals surface area contributed by atoms with E-state index >= 15 is 0 Å². The lowest BCUT2D eigenvalue weighted by atomic mass is 10.1. The first kappa shape index (κ1) is 13.0. The van der Waals surface area contributed by atoms with Crippen LogP contribution in [0.15, 0.2) is 18.5 Å². The molecule has 0 amide bonds. The highest BCUT2D eigenvalue weighted by Crippen LogP contribution is 2.21. The van der Waals surface area contributed by atoms with Gasteiger partial charge in [-0.25, -0.2) is 15.0 Å². The number of nitrogens with zero attached hydrogens (tertiary/aromatic N) is 4. The Hall–Kier alpha value is -2.42. The zero-order chi connectivity index (χ0) is 13.9. The minimum atomic E-state index is -0.407. The summed E-state index contributed by atoms with van der Waals surface area (Å²) >= 11 is 0. The van der Waals surface area contributed by atoms with Crippen molar-refractivity contribution in [1.82, 2.24) is 19.9 Å². The molecule has 2 aromatic rings. The number of aromatic amines is 1. The molecular weight excluding hydrogens is 240 g/mol. The summed E-state index contributed by atoms with van der Waals surface area (Å²) in [6.45, 7) is 5.94. The second-order valence-corrected chi connectivity index (χ2v) is 4.71. The predicted molar refractivity (Wildman–Crippen MR) is 71.4 cm³/mol. The molecule has 19 heavy (non-hydrogen) atoms. The number of anilines is 1. The third-order valence-electron chi connectivity index (χ3n) is 2.73. The minimum Gasteiger partial charge on any atom is -0.358 e. The third kappa shape index (κ3) is 2.88. The summed E-state index contributed by atoms with van der Waals surface area (Å²) in [6.07, 6.45) is 4.17. The van der Waals surface area contributed by atoms with Crippen LogP contribution in [0, 0.1) is 11.3 Å². The fraction of sp³-hybridized carbons (Fsp3) is 0.385. The molecule has 0 saturated carbocycles. The maximum absolute atomic E-state index is 8.98. The summed E-state index contributed by atoms with van der Waals surface area (Å²) < 4.78 is 0. The van der Waals surface area contributed by atoms with Gasteiger partial charge in [0.2, 0.25) is 0 Å². The Bertz CT molecular complexity index is 594. The molecule has 0 fully saturated rings. The number of aromatic nitrogens is 4. The molecular formula is C13H16N6. The standard InChI is InChI=1S/C13H16N6/c1-4-10-17-9(8-14)7-11(18-10)19-13(2,3)12-15-5-6-16-12/h5-7H,4H2,1-3H3,(H,15,16)(H,17,18,19). The van der Waals surface area contributed by atoms with E-state index in [0.29, 0.717) is 23.8 Å². The average molecular weight is 256 g/mol. The van der Waals surface area contributed by atoms with E-state index in [-0.39, 0.29) is 0 Å². The second-order valence-electron chi connectivity index (χ2n) is 4.71. The number of nitriles is 1. The van der Waals surface area contributed by atoms with Crippen LogP contribution in [0.25, 0.3) is 0 Å². The summed E-state index contributed by atoms with van der Waals surface area (Å²) in [7, 11) is 0. The van der Waals surface area contributed by atoms with E-state index in [1.807, 2.05) is 26.8 Å². The first-order chi connectivity index (χ1) is 9.05. The van der Waals surface area contributed by atoms with Crippen LogP contribution >= 0.6 is 0 Å². The van der Waals surface area contributed by atoms with E-state index in [9.17, 15) is 0 Å². The van der Waals surface area contributed by atoms with Gasteiger partial charge >= 0.3 is 0 Å². The van der Waals surface area contributed by atoms with Crippen LogP contribution in [0.2, 0.25) is 0 Å². The predicted octanol–water partition coefficient (Wildman–Crippen LogP) is 1.98. The number of H-pyrrole nitrogens is 1. The van der Waals surface area contributed by atoms with Gasteiger partial charge < -0.3 is 10.3 Å². The highest BCUT2D eigenvalue weighted by molar-refractivity contribution is 5.43. The highest BCUT2D eigenvalue weighted by atomic mass is 15.1. The normalized spacial score (nSPS) is 11.1. The second kappa shape index (κ2) is 5.06. The Morgan fingerprint density at radius 2 is 2.21 bits per heavy atom. The van der Waals surface area contributed by atoms with Crippen molar-refractivity contribution in [2.24, 2.45) is 0 Å². The van der Waals surface area contributed by atoms with E-state index in [4.69, 9.17) is 5.26 Å². The molecule has 0 atom stereocenters. The van der Waals surface area contributed by atoms with Crippen molar-refractivity contribution in [2.45, 2.75) is 32.7 Å². The Kier molecular flexibility index (Phi) is 3.47. The first-order valence-corrected chi connectivity index (χ1v) is 6.11. The molecule has 0 unspecified atom stereocenters. The van der Waals surface area contributed by atoms with Crippen molar-refractivity contribution in [2.75, 3.05) is 5.32 Å². The number of nitrogens with one attached hydrogen (secondary N) is 2. The molecule has 6 nitrogen and oxygen atoms in total. The molecule has 0 saturated heterocycles. The Morgan fingerprint density at radius 1 is 1.42 bits per heavy atom. The zero-order valence-corrected chi connectivity index (χ0v) is 11.2. The Morgan fingerprint density at radius 3 is 2.79 bits per heavy atom. The largest absolute Gasteiger partial charge is 0.358 e. The molecule has 0 spiro atoms. The molecule has 0 aliphatic heterocycles. The lowest BCUT2D eigenvalue weighted by molar-refractivity contribution is 0.566. The summed E-state index contributed by atoms with van der Waals surface area (Å²) in [5.74, 6) is 2.09. The van der Waals surface area contributed by atoms with Gasteiger partial charge in [0.05, 0.1) is 5.54 Å². The van der Waals surface area contributed by atoms with Crippen molar-refractivity contribution < 1.29 is 0 Å². The SMILES string of the molecule is CCc1nc(C#N)cc(NC(C)(C)c2ncc[nH]2)n1. The fourth-order valence-electron chi connectivity index (χ4n) is 1.76. The van der Waals surface area contributed by atoms with E-state index in [1.54, 1.807) is 18.5 Å². The lowest BCUT2D eigenvalue weighted by Gasteiger charge is -2.24. The smallest absolute Gasteiger partial charge is 0.146 e. The average Bonchev–Trinajstić information content (AvgIpc) is 2.92. The molecule has 0 aliphatic carbocycles. The summed E-state index contributed by atoms with van der Waals surface area (Å²) in [6, 6.07) is 3.69. The number of aryl methyl sites for hydroxylation is 1. The van der Waals surface area contributed by atoms with Crippen LogP contribution in [-0.2, 0) is 12.0 Å². The van der Waals surface area contributed by atoms with Gasteiger partial charge in [-0.2, -0.15) is 5.26 Å². The van der Waals surface area contributed by atoms with Gasteiger partial charge in [0, 0.05) is 24.9 Å². The number of hydrogen-bond donors (Lipinski definition) is 2. The number of imidazole rings is 1. The van der Waals surface area contributed by atoms with Gasteiger partial charge in [-0.05, 0) is 13.8 Å². The van der Waals surface area contributed by atoms with Crippen molar-refractivity contribution in [1.29, 1.82) is 5.26 Å². The third-order valence-corrected chi connectivity index (χ3v) is 2.73. The van der Waals surface area contributed by atoms with Crippen molar-refractivity contribution in [3.8, 4) is 6.07 Å². The van der Waals surface area contributed by atoms with Crippen LogP contribution in [0.5, 0.6) is 0 Å². The molecule has 98 valence electrons.